The highest BCUT2D eigenvalue weighted by atomic mass is 35.5. The summed E-state index contributed by atoms with van der Waals surface area (Å²) >= 11 is 11.6. The molecule has 0 aliphatic rings. The SMILES string of the molecule is Cn1nnc(N(C(=O)C=Cc2ccc(Cl)c([N+](=O)[O-])c2)C(=O)C=Cc2ccc(Cl)c([N+](=O)[O-])c2)n1. The number of hydrogen-bond acceptors (Lipinski definition) is 9. The largest absolute Gasteiger partial charge is 0.288 e. The van der Waals surface area contributed by atoms with Gasteiger partial charge in [0.05, 0.1) is 16.9 Å². The van der Waals surface area contributed by atoms with Crippen LogP contribution in [0, 0.1) is 20.2 Å². The van der Waals surface area contributed by atoms with Gasteiger partial charge in [0.1, 0.15) is 10.0 Å². The van der Waals surface area contributed by atoms with E-state index in [1.54, 1.807) is 0 Å². The van der Waals surface area contributed by atoms with Gasteiger partial charge in [-0.1, -0.05) is 40.4 Å². The molecule has 35 heavy (non-hydrogen) atoms. The summed E-state index contributed by atoms with van der Waals surface area (Å²) in [6.07, 6.45) is 4.47. The van der Waals surface area contributed by atoms with Gasteiger partial charge in [-0.2, -0.15) is 4.80 Å². The second-order valence-electron chi connectivity index (χ2n) is 6.69. The third-order valence-electron chi connectivity index (χ3n) is 4.31. The summed E-state index contributed by atoms with van der Waals surface area (Å²) in [4.78, 5) is 48.1. The van der Waals surface area contributed by atoms with Gasteiger partial charge in [0.25, 0.3) is 29.1 Å². The number of amides is 2. The Morgan fingerprint density at radius 3 is 1.74 bits per heavy atom. The number of aryl methyl sites for hydroxylation is 1. The lowest BCUT2D eigenvalue weighted by atomic mass is 10.1. The van der Waals surface area contributed by atoms with E-state index in [4.69, 9.17) is 23.2 Å². The summed E-state index contributed by atoms with van der Waals surface area (Å²) in [5.41, 5.74) is -0.162. The quantitative estimate of drug-likeness (QED) is 0.258. The number of carbonyl (C=O) groups excluding carboxylic acids is 2. The Bertz CT molecular complexity index is 1320. The van der Waals surface area contributed by atoms with Gasteiger partial charge in [-0.05, 0) is 40.6 Å². The van der Waals surface area contributed by atoms with Gasteiger partial charge in [0.2, 0.25) is 0 Å². The molecule has 0 fully saturated rings. The predicted octanol–water partition coefficient (Wildman–Crippen LogP) is 3.62. The Hall–Kier alpha value is -4.49. The first-order valence-corrected chi connectivity index (χ1v) is 10.2. The zero-order valence-corrected chi connectivity index (χ0v) is 19.1. The molecule has 0 spiro atoms. The number of hydrogen-bond donors (Lipinski definition) is 0. The maximum absolute atomic E-state index is 12.9. The van der Waals surface area contributed by atoms with Crippen LogP contribution in [0.5, 0.6) is 0 Å². The summed E-state index contributed by atoms with van der Waals surface area (Å²) in [5.74, 6) is -2.10. The van der Waals surface area contributed by atoms with Crippen LogP contribution < -0.4 is 4.90 Å². The number of carbonyl (C=O) groups is 2. The predicted molar refractivity (Wildman–Crippen MR) is 126 cm³/mol. The maximum Gasteiger partial charge on any atom is 0.288 e. The fraction of sp³-hybridized carbons (Fsp3) is 0.0500. The van der Waals surface area contributed by atoms with E-state index in [-0.39, 0.29) is 38.5 Å². The van der Waals surface area contributed by atoms with Crippen molar-refractivity contribution >= 4 is 64.5 Å². The van der Waals surface area contributed by atoms with Crippen LogP contribution in [0.3, 0.4) is 0 Å². The Balaban J connectivity index is 1.90. The molecule has 0 saturated carbocycles. The molecule has 3 rings (SSSR count). The van der Waals surface area contributed by atoms with Gasteiger partial charge in [0, 0.05) is 24.3 Å². The normalized spacial score (nSPS) is 11.2. The Kier molecular flexibility index (Phi) is 7.63. The van der Waals surface area contributed by atoms with Crippen molar-refractivity contribution in [3.8, 4) is 0 Å². The number of benzene rings is 2. The highest BCUT2D eigenvalue weighted by Crippen LogP contribution is 2.26. The first-order chi connectivity index (χ1) is 16.6. The summed E-state index contributed by atoms with van der Waals surface area (Å²) in [6.45, 7) is 0. The topological polar surface area (TPSA) is 167 Å². The molecule has 0 unspecified atom stereocenters. The number of aromatic nitrogens is 4. The number of nitro groups is 2. The first-order valence-electron chi connectivity index (χ1n) is 9.43. The van der Waals surface area contributed by atoms with Gasteiger partial charge in [-0.25, -0.2) is 4.90 Å². The van der Waals surface area contributed by atoms with Gasteiger partial charge in [-0.15, -0.1) is 5.10 Å². The van der Waals surface area contributed by atoms with Crippen LogP contribution in [-0.4, -0.2) is 41.9 Å². The molecular weight excluding hydrogens is 505 g/mol. The molecule has 0 aliphatic carbocycles. The highest BCUT2D eigenvalue weighted by molar-refractivity contribution is 6.33. The third-order valence-corrected chi connectivity index (χ3v) is 4.95. The molecule has 2 amide bonds. The fourth-order valence-corrected chi connectivity index (χ4v) is 3.07. The number of rotatable bonds is 7. The smallest absolute Gasteiger partial charge is 0.269 e. The standard InChI is InChI=1S/C20H13Cl2N7O6/c1-26-24-20(23-25-26)27(18(30)8-4-12-2-6-14(21)16(10-12)28(32)33)19(31)9-5-13-3-7-15(22)17(11-13)29(34)35/h2-11H,1H3. The van der Waals surface area contributed by atoms with Crippen LogP contribution in [0.15, 0.2) is 48.6 Å². The number of nitro benzene ring substituents is 2. The number of nitrogens with zero attached hydrogens (tertiary/aromatic N) is 7. The van der Waals surface area contributed by atoms with E-state index >= 15 is 0 Å². The fourth-order valence-electron chi connectivity index (χ4n) is 2.70. The molecule has 0 atom stereocenters. The molecule has 13 nitrogen and oxygen atoms in total. The van der Waals surface area contributed by atoms with Crippen LogP contribution in [-0.2, 0) is 16.6 Å². The minimum atomic E-state index is -0.882. The van der Waals surface area contributed by atoms with Crippen LogP contribution in [0.1, 0.15) is 11.1 Å². The summed E-state index contributed by atoms with van der Waals surface area (Å²) in [6, 6.07) is 7.80. The number of tetrazole rings is 1. The lowest BCUT2D eigenvalue weighted by Gasteiger charge is -2.12. The molecule has 1 aromatic heterocycles. The van der Waals surface area contributed by atoms with Crippen molar-refractivity contribution in [1.82, 2.24) is 20.2 Å². The summed E-state index contributed by atoms with van der Waals surface area (Å²) in [7, 11) is 1.43. The van der Waals surface area contributed by atoms with E-state index in [0.29, 0.717) is 4.90 Å². The molecule has 2 aromatic carbocycles. The molecule has 0 N–H and O–H groups in total. The van der Waals surface area contributed by atoms with Crippen LogP contribution >= 0.6 is 23.2 Å². The second-order valence-corrected chi connectivity index (χ2v) is 7.51. The van der Waals surface area contributed by atoms with Crippen molar-refractivity contribution in [1.29, 1.82) is 0 Å². The first kappa shape index (κ1) is 25.1. The monoisotopic (exact) mass is 517 g/mol. The molecule has 0 saturated heterocycles. The van der Waals surface area contributed by atoms with E-state index in [1.807, 2.05) is 0 Å². The van der Waals surface area contributed by atoms with Gasteiger partial charge in [-0.3, -0.25) is 29.8 Å². The minimum absolute atomic E-state index is 0.0772. The maximum atomic E-state index is 12.9. The van der Waals surface area contributed by atoms with Crippen LogP contribution in [0.2, 0.25) is 10.0 Å². The third kappa shape index (κ3) is 6.10. The van der Waals surface area contributed by atoms with Gasteiger partial charge in [0.15, 0.2) is 0 Å². The lowest BCUT2D eigenvalue weighted by Crippen LogP contribution is -2.35. The van der Waals surface area contributed by atoms with Crippen LogP contribution in [0.25, 0.3) is 12.2 Å². The van der Waals surface area contributed by atoms with Gasteiger partial charge >= 0.3 is 0 Å². The Labute approximate surface area is 206 Å². The molecule has 1 heterocycles. The molecule has 0 bridgehead atoms. The van der Waals surface area contributed by atoms with E-state index in [0.717, 1.165) is 29.1 Å². The van der Waals surface area contributed by atoms with Gasteiger partial charge < -0.3 is 0 Å². The molecule has 15 heteroatoms. The van der Waals surface area contributed by atoms with Crippen molar-refractivity contribution in [3.63, 3.8) is 0 Å². The molecular formula is C20H13Cl2N7O6. The van der Waals surface area contributed by atoms with Crippen molar-refractivity contribution in [2.45, 2.75) is 0 Å². The molecule has 0 aliphatic heterocycles. The molecule has 0 radical (unpaired) electrons. The zero-order valence-electron chi connectivity index (χ0n) is 17.6. The van der Waals surface area contributed by atoms with E-state index in [2.05, 4.69) is 15.4 Å². The minimum Gasteiger partial charge on any atom is -0.269 e. The van der Waals surface area contributed by atoms with Crippen molar-refractivity contribution in [3.05, 3.63) is 90.0 Å². The molecule has 3 aromatic rings. The molecule has 178 valence electrons. The van der Waals surface area contributed by atoms with Crippen molar-refractivity contribution < 1.29 is 19.4 Å². The Morgan fingerprint density at radius 2 is 1.37 bits per heavy atom. The van der Waals surface area contributed by atoms with Crippen LogP contribution in [0.4, 0.5) is 17.3 Å². The number of imide groups is 1. The zero-order chi connectivity index (χ0) is 25.7. The van der Waals surface area contributed by atoms with E-state index in [1.165, 1.54) is 43.5 Å². The van der Waals surface area contributed by atoms with Crippen molar-refractivity contribution in [2.75, 3.05) is 4.90 Å². The van der Waals surface area contributed by atoms with E-state index in [9.17, 15) is 29.8 Å². The van der Waals surface area contributed by atoms with E-state index < -0.39 is 21.7 Å². The highest BCUT2D eigenvalue weighted by Gasteiger charge is 2.24. The lowest BCUT2D eigenvalue weighted by molar-refractivity contribution is -0.384. The average molecular weight is 518 g/mol. The second kappa shape index (κ2) is 10.6. The summed E-state index contributed by atoms with van der Waals surface area (Å²) < 4.78 is 0. The number of anilines is 1. The van der Waals surface area contributed by atoms with Crippen molar-refractivity contribution in [2.24, 2.45) is 7.05 Å². The average Bonchev–Trinajstić information content (AvgIpc) is 3.23. The summed E-state index contributed by atoms with van der Waals surface area (Å²) in [5, 5.41) is 33.1. The number of halogens is 2. The Morgan fingerprint density at radius 1 is 0.914 bits per heavy atom.